The highest BCUT2D eigenvalue weighted by atomic mass is 16.4. The molecule has 0 saturated heterocycles. The summed E-state index contributed by atoms with van der Waals surface area (Å²) in [6, 6.07) is 0. The molecule has 0 aromatic carbocycles. The van der Waals surface area contributed by atoms with Gasteiger partial charge in [-0.05, 0) is 12.8 Å². The topological polar surface area (TPSA) is 149 Å². The highest BCUT2D eigenvalue weighted by Gasteiger charge is 2.25. The largest absolute Gasteiger partial charge is 0.481 e. The first kappa shape index (κ1) is 18.9. The van der Waals surface area contributed by atoms with Crippen molar-refractivity contribution in [1.82, 2.24) is 0 Å². The Morgan fingerprint density at radius 1 is 0.524 bits per heavy atom. The van der Waals surface area contributed by atoms with Crippen molar-refractivity contribution >= 4 is 23.9 Å². The van der Waals surface area contributed by atoms with Gasteiger partial charge >= 0.3 is 23.9 Å². The molecule has 0 aliphatic rings. The Labute approximate surface area is 121 Å². The molecular formula is C13H20O8. The van der Waals surface area contributed by atoms with E-state index in [9.17, 15) is 19.2 Å². The van der Waals surface area contributed by atoms with Crippen LogP contribution in [-0.2, 0) is 19.2 Å². The second-order valence-corrected chi connectivity index (χ2v) is 4.80. The van der Waals surface area contributed by atoms with Gasteiger partial charge in [0, 0.05) is 0 Å². The van der Waals surface area contributed by atoms with E-state index >= 15 is 0 Å². The number of aliphatic carboxylic acids is 4. The lowest BCUT2D eigenvalue weighted by atomic mass is 9.98. The van der Waals surface area contributed by atoms with Crippen molar-refractivity contribution in [2.24, 2.45) is 11.8 Å². The first-order valence-electron chi connectivity index (χ1n) is 6.68. The molecule has 0 rings (SSSR count). The summed E-state index contributed by atoms with van der Waals surface area (Å²) in [5.41, 5.74) is 0. The van der Waals surface area contributed by atoms with Gasteiger partial charge in [-0.15, -0.1) is 0 Å². The molecule has 4 N–H and O–H groups in total. The molecular weight excluding hydrogens is 284 g/mol. The van der Waals surface area contributed by atoms with Crippen molar-refractivity contribution in [1.29, 1.82) is 0 Å². The van der Waals surface area contributed by atoms with E-state index in [-0.39, 0.29) is 12.8 Å². The van der Waals surface area contributed by atoms with E-state index in [1.54, 1.807) is 0 Å². The molecule has 21 heavy (non-hydrogen) atoms. The number of carboxylic acid groups (broad SMARTS) is 4. The van der Waals surface area contributed by atoms with E-state index in [2.05, 4.69) is 0 Å². The Balaban J connectivity index is 3.78. The van der Waals surface area contributed by atoms with Crippen LogP contribution in [0.15, 0.2) is 0 Å². The highest BCUT2D eigenvalue weighted by Crippen LogP contribution is 2.15. The van der Waals surface area contributed by atoms with Crippen LogP contribution in [0.4, 0.5) is 0 Å². The van der Waals surface area contributed by atoms with Crippen LogP contribution in [0.25, 0.3) is 0 Å². The zero-order valence-electron chi connectivity index (χ0n) is 11.5. The van der Waals surface area contributed by atoms with Crippen LogP contribution < -0.4 is 0 Å². The second kappa shape index (κ2) is 9.73. The summed E-state index contributed by atoms with van der Waals surface area (Å²) in [6.07, 6.45) is 2.94. The lowest BCUT2D eigenvalue weighted by Gasteiger charge is -2.08. The molecule has 0 spiro atoms. The first-order valence-corrected chi connectivity index (χ1v) is 6.68. The van der Waals surface area contributed by atoms with Gasteiger partial charge in [0.2, 0.25) is 0 Å². The molecule has 0 aromatic rings. The number of carbonyl (C=O) groups is 4. The average molecular weight is 304 g/mol. The normalized spacial score (nSPS) is 10.8. The van der Waals surface area contributed by atoms with Gasteiger partial charge in [0.25, 0.3) is 0 Å². The van der Waals surface area contributed by atoms with Crippen molar-refractivity contribution in [2.75, 3.05) is 0 Å². The predicted octanol–water partition coefficient (Wildman–Crippen LogP) is 1.29. The van der Waals surface area contributed by atoms with E-state index in [0.29, 0.717) is 32.1 Å². The summed E-state index contributed by atoms with van der Waals surface area (Å²) < 4.78 is 0. The Morgan fingerprint density at radius 3 is 1.00 bits per heavy atom. The molecule has 0 amide bonds. The van der Waals surface area contributed by atoms with Gasteiger partial charge in [0.1, 0.15) is 0 Å². The summed E-state index contributed by atoms with van der Waals surface area (Å²) in [6.45, 7) is 0. The Bertz CT molecular complexity index is 326. The molecule has 0 aliphatic heterocycles. The maximum absolute atomic E-state index is 10.6. The smallest absolute Gasteiger partial charge is 0.317 e. The van der Waals surface area contributed by atoms with Crippen molar-refractivity contribution < 1.29 is 39.6 Å². The molecule has 0 fully saturated rings. The fourth-order valence-electron chi connectivity index (χ4n) is 1.93. The standard InChI is InChI=1S/C13H20O8/c14-10(15)8(11(16)17)6-4-2-1-3-5-7-9(12(18)19)13(20)21/h8-9H,1-7H2,(H,14,15)(H,16,17)(H,18,19)(H,20,21). The maximum atomic E-state index is 10.6. The molecule has 0 saturated carbocycles. The average Bonchev–Trinajstić information content (AvgIpc) is 2.34. The van der Waals surface area contributed by atoms with Crippen molar-refractivity contribution in [3.05, 3.63) is 0 Å². The quantitative estimate of drug-likeness (QED) is 0.311. The van der Waals surface area contributed by atoms with Crippen LogP contribution in [0.1, 0.15) is 44.9 Å². The third-order valence-corrected chi connectivity index (χ3v) is 3.18. The van der Waals surface area contributed by atoms with E-state index in [0.717, 1.165) is 0 Å². The molecule has 0 aliphatic carbocycles. The molecule has 0 radical (unpaired) electrons. The lowest BCUT2D eigenvalue weighted by Crippen LogP contribution is -2.23. The molecule has 120 valence electrons. The van der Waals surface area contributed by atoms with Crippen molar-refractivity contribution in [2.45, 2.75) is 44.9 Å². The third-order valence-electron chi connectivity index (χ3n) is 3.18. The van der Waals surface area contributed by atoms with Gasteiger partial charge in [-0.2, -0.15) is 0 Å². The number of rotatable bonds is 12. The van der Waals surface area contributed by atoms with Crippen LogP contribution in [0.5, 0.6) is 0 Å². The Morgan fingerprint density at radius 2 is 0.762 bits per heavy atom. The van der Waals surface area contributed by atoms with E-state index in [1.807, 2.05) is 0 Å². The fourth-order valence-corrected chi connectivity index (χ4v) is 1.93. The van der Waals surface area contributed by atoms with Crippen LogP contribution in [0, 0.1) is 11.8 Å². The number of hydrogen-bond acceptors (Lipinski definition) is 4. The van der Waals surface area contributed by atoms with Crippen LogP contribution in [0.2, 0.25) is 0 Å². The van der Waals surface area contributed by atoms with Gasteiger partial charge in [-0.3, -0.25) is 19.2 Å². The third kappa shape index (κ3) is 7.91. The number of carboxylic acids is 4. The minimum atomic E-state index is -1.39. The predicted molar refractivity (Wildman–Crippen MR) is 69.8 cm³/mol. The van der Waals surface area contributed by atoms with Gasteiger partial charge in [0.05, 0.1) is 0 Å². The minimum absolute atomic E-state index is 0.0531. The summed E-state index contributed by atoms with van der Waals surface area (Å²) >= 11 is 0. The SMILES string of the molecule is O=C(O)C(CCCCCCCC(C(=O)O)C(=O)O)C(=O)O. The van der Waals surface area contributed by atoms with Crippen LogP contribution >= 0.6 is 0 Å². The minimum Gasteiger partial charge on any atom is -0.481 e. The van der Waals surface area contributed by atoms with E-state index in [4.69, 9.17) is 20.4 Å². The van der Waals surface area contributed by atoms with Gasteiger partial charge < -0.3 is 20.4 Å². The number of unbranched alkanes of at least 4 members (excludes halogenated alkanes) is 4. The Hall–Kier alpha value is -2.12. The molecule has 0 atom stereocenters. The monoisotopic (exact) mass is 304 g/mol. The molecule has 0 aromatic heterocycles. The summed E-state index contributed by atoms with van der Waals surface area (Å²) in [5, 5.41) is 34.6. The molecule has 0 bridgehead atoms. The summed E-state index contributed by atoms with van der Waals surface area (Å²) in [7, 11) is 0. The molecule has 8 nitrogen and oxygen atoms in total. The van der Waals surface area contributed by atoms with Crippen LogP contribution in [0.3, 0.4) is 0 Å². The first-order chi connectivity index (χ1) is 9.77. The zero-order chi connectivity index (χ0) is 16.4. The number of hydrogen-bond donors (Lipinski definition) is 4. The molecule has 0 heterocycles. The van der Waals surface area contributed by atoms with Gasteiger partial charge in [-0.1, -0.05) is 32.1 Å². The van der Waals surface area contributed by atoms with Gasteiger partial charge in [0.15, 0.2) is 11.8 Å². The van der Waals surface area contributed by atoms with E-state index in [1.165, 1.54) is 0 Å². The summed E-state index contributed by atoms with van der Waals surface area (Å²) in [4.78, 5) is 42.5. The Kier molecular flexibility index (Phi) is 8.75. The van der Waals surface area contributed by atoms with E-state index < -0.39 is 35.7 Å². The molecule has 8 heteroatoms. The lowest BCUT2D eigenvalue weighted by molar-refractivity contribution is -0.156. The van der Waals surface area contributed by atoms with Crippen LogP contribution in [-0.4, -0.2) is 44.3 Å². The zero-order valence-corrected chi connectivity index (χ0v) is 11.5. The van der Waals surface area contributed by atoms with Crippen molar-refractivity contribution in [3.8, 4) is 0 Å². The van der Waals surface area contributed by atoms with Crippen molar-refractivity contribution in [3.63, 3.8) is 0 Å². The molecule has 0 unspecified atom stereocenters. The van der Waals surface area contributed by atoms with Gasteiger partial charge in [-0.25, -0.2) is 0 Å². The highest BCUT2D eigenvalue weighted by molar-refractivity contribution is 5.93. The second-order valence-electron chi connectivity index (χ2n) is 4.80. The fraction of sp³-hybridized carbons (Fsp3) is 0.692. The summed E-state index contributed by atoms with van der Waals surface area (Å²) in [5.74, 6) is -8.20. The maximum Gasteiger partial charge on any atom is 0.317 e.